The Bertz CT molecular complexity index is 435. The predicted molar refractivity (Wildman–Crippen MR) is 73.6 cm³/mol. The molecule has 2 N–H and O–H groups in total. The first kappa shape index (κ1) is 13.1. The Balaban J connectivity index is 1.81. The standard InChI is InChI=1S/C13H18N2O2S/c14-12-4-1-11(2-5-12)3-6-13(16)15-7-9-18(17)10-8-15/h1-2,4-5H,3,6-10,14H2. The topological polar surface area (TPSA) is 63.4 Å². The van der Waals surface area contributed by atoms with Gasteiger partial charge in [0.05, 0.1) is 0 Å². The quantitative estimate of drug-likeness (QED) is 0.823. The number of amides is 1. The summed E-state index contributed by atoms with van der Waals surface area (Å²) in [5, 5.41) is 0. The molecule has 1 aliphatic rings. The second-order valence-corrected chi connectivity index (χ2v) is 6.17. The van der Waals surface area contributed by atoms with Crippen molar-refractivity contribution in [3.05, 3.63) is 29.8 Å². The van der Waals surface area contributed by atoms with Gasteiger partial charge in [0.25, 0.3) is 0 Å². The van der Waals surface area contributed by atoms with Crippen LogP contribution < -0.4 is 5.73 Å². The summed E-state index contributed by atoms with van der Waals surface area (Å²) in [5.41, 5.74) is 7.47. The molecule has 1 aliphatic heterocycles. The molecule has 1 amide bonds. The van der Waals surface area contributed by atoms with Gasteiger partial charge in [0.15, 0.2) is 0 Å². The second kappa shape index (κ2) is 6.00. The van der Waals surface area contributed by atoms with Crippen LogP contribution in [0.5, 0.6) is 0 Å². The fraction of sp³-hybridized carbons (Fsp3) is 0.462. The highest BCUT2D eigenvalue weighted by atomic mass is 32.2. The lowest BCUT2D eigenvalue weighted by molar-refractivity contribution is -0.130. The molecular weight excluding hydrogens is 248 g/mol. The van der Waals surface area contributed by atoms with E-state index in [-0.39, 0.29) is 5.91 Å². The molecule has 2 rings (SSSR count). The van der Waals surface area contributed by atoms with Crippen molar-refractivity contribution in [2.45, 2.75) is 12.8 Å². The Hall–Kier alpha value is -1.36. The van der Waals surface area contributed by atoms with Crippen LogP contribution in [0.2, 0.25) is 0 Å². The van der Waals surface area contributed by atoms with Gasteiger partial charge in [-0.15, -0.1) is 0 Å². The average molecular weight is 266 g/mol. The van der Waals surface area contributed by atoms with E-state index in [1.54, 1.807) is 0 Å². The van der Waals surface area contributed by atoms with Crippen LogP contribution in [0.25, 0.3) is 0 Å². The third-order valence-electron chi connectivity index (χ3n) is 3.14. The lowest BCUT2D eigenvalue weighted by atomic mass is 10.1. The molecule has 0 atom stereocenters. The molecule has 1 aromatic rings. The summed E-state index contributed by atoms with van der Waals surface area (Å²) in [5.74, 6) is 1.39. The van der Waals surface area contributed by atoms with E-state index < -0.39 is 10.8 Å². The van der Waals surface area contributed by atoms with Crippen LogP contribution in [0.1, 0.15) is 12.0 Å². The monoisotopic (exact) mass is 266 g/mol. The maximum absolute atomic E-state index is 11.9. The number of rotatable bonds is 3. The molecule has 5 heteroatoms. The number of carbonyl (C=O) groups excluding carboxylic acids is 1. The van der Waals surface area contributed by atoms with E-state index in [1.807, 2.05) is 29.2 Å². The lowest BCUT2D eigenvalue weighted by Gasteiger charge is -2.26. The van der Waals surface area contributed by atoms with Gasteiger partial charge in [0.1, 0.15) is 0 Å². The maximum Gasteiger partial charge on any atom is 0.222 e. The van der Waals surface area contributed by atoms with Crippen LogP contribution in [0, 0.1) is 0 Å². The molecule has 0 aromatic heterocycles. The minimum atomic E-state index is -0.728. The molecule has 0 bridgehead atoms. The number of benzene rings is 1. The number of hydrogen-bond donors (Lipinski definition) is 1. The smallest absolute Gasteiger partial charge is 0.222 e. The van der Waals surface area contributed by atoms with Crippen LogP contribution >= 0.6 is 0 Å². The highest BCUT2D eigenvalue weighted by Crippen LogP contribution is 2.10. The second-order valence-electron chi connectivity index (χ2n) is 4.47. The van der Waals surface area contributed by atoms with Crippen LogP contribution in [-0.4, -0.2) is 39.6 Å². The molecule has 98 valence electrons. The SMILES string of the molecule is Nc1ccc(CCC(=O)N2CCS(=O)CC2)cc1. The summed E-state index contributed by atoms with van der Waals surface area (Å²) in [6.45, 7) is 1.26. The van der Waals surface area contributed by atoms with E-state index in [4.69, 9.17) is 5.73 Å². The minimum Gasteiger partial charge on any atom is -0.399 e. The fourth-order valence-electron chi connectivity index (χ4n) is 1.98. The zero-order chi connectivity index (χ0) is 13.0. The zero-order valence-electron chi connectivity index (χ0n) is 10.3. The third-order valence-corrected chi connectivity index (χ3v) is 4.41. The van der Waals surface area contributed by atoms with Crippen LogP contribution in [0.15, 0.2) is 24.3 Å². The lowest BCUT2D eigenvalue weighted by Crippen LogP contribution is -2.41. The van der Waals surface area contributed by atoms with E-state index >= 15 is 0 Å². The summed E-state index contributed by atoms with van der Waals surface area (Å²) in [6, 6.07) is 7.61. The van der Waals surface area contributed by atoms with Gasteiger partial charge >= 0.3 is 0 Å². The molecule has 1 aromatic carbocycles. The van der Waals surface area contributed by atoms with E-state index in [0.29, 0.717) is 31.0 Å². The van der Waals surface area contributed by atoms with E-state index in [9.17, 15) is 9.00 Å². The Labute approximate surface area is 110 Å². The van der Waals surface area contributed by atoms with Crippen LogP contribution in [0.3, 0.4) is 0 Å². The normalized spacial score (nSPS) is 16.8. The Kier molecular flexibility index (Phi) is 4.36. The molecule has 1 heterocycles. The Morgan fingerprint density at radius 3 is 2.44 bits per heavy atom. The van der Waals surface area contributed by atoms with Crippen molar-refractivity contribution in [2.75, 3.05) is 30.3 Å². The van der Waals surface area contributed by atoms with Gasteiger partial charge in [-0.3, -0.25) is 9.00 Å². The molecule has 18 heavy (non-hydrogen) atoms. The number of anilines is 1. The van der Waals surface area contributed by atoms with Crippen LogP contribution in [-0.2, 0) is 22.0 Å². The summed E-state index contributed by atoms with van der Waals surface area (Å²) >= 11 is 0. The number of nitrogen functional groups attached to an aromatic ring is 1. The molecule has 0 aliphatic carbocycles. The molecule has 0 spiro atoms. The van der Waals surface area contributed by atoms with Crippen molar-refractivity contribution in [2.24, 2.45) is 0 Å². The van der Waals surface area contributed by atoms with Crippen molar-refractivity contribution in [1.29, 1.82) is 0 Å². The van der Waals surface area contributed by atoms with Crippen LogP contribution in [0.4, 0.5) is 5.69 Å². The van der Waals surface area contributed by atoms with Gasteiger partial charge in [-0.25, -0.2) is 0 Å². The predicted octanol–water partition coefficient (Wildman–Crippen LogP) is 0.792. The van der Waals surface area contributed by atoms with E-state index in [1.165, 1.54) is 0 Å². The molecule has 1 fully saturated rings. The van der Waals surface area contributed by atoms with E-state index in [0.717, 1.165) is 17.7 Å². The third kappa shape index (κ3) is 3.57. The first-order chi connectivity index (χ1) is 8.65. The number of aryl methyl sites for hydroxylation is 1. The fourth-order valence-corrected chi connectivity index (χ4v) is 3.03. The largest absolute Gasteiger partial charge is 0.399 e. The van der Waals surface area contributed by atoms with Gasteiger partial charge in [0, 0.05) is 47.5 Å². The first-order valence-corrected chi connectivity index (χ1v) is 7.61. The highest BCUT2D eigenvalue weighted by Gasteiger charge is 2.19. The van der Waals surface area contributed by atoms with Gasteiger partial charge in [-0.2, -0.15) is 0 Å². The molecule has 0 radical (unpaired) electrons. The van der Waals surface area contributed by atoms with Gasteiger partial charge in [0.2, 0.25) is 5.91 Å². The van der Waals surface area contributed by atoms with Crippen molar-refractivity contribution in [1.82, 2.24) is 4.90 Å². The highest BCUT2D eigenvalue weighted by molar-refractivity contribution is 7.85. The average Bonchev–Trinajstić information content (AvgIpc) is 2.38. The summed E-state index contributed by atoms with van der Waals surface area (Å²) in [4.78, 5) is 13.8. The zero-order valence-corrected chi connectivity index (χ0v) is 11.1. The molecular formula is C13H18N2O2S. The minimum absolute atomic E-state index is 0.156. The summed E-state index contributed by atoms with van der Waals surface area (Å²) in [6.07, 6.45) is 1.25. The summed E-state index contributed by atoms with van der Waals surface area (Å²) in [7, 11) is -0.728. The number of nitrogens with zero attached hydrogens (tertiary/aromatic N) is 1. The van der Waals surface area contributed by atoms with Crippen molar-refractivity contribution >= 4 is 22.4 Å². The maximum atomic E-state index is 11.9. The molecule has 0 saturated carbocycles. The van der Waals surface area contributed by atoms with E-state index in [2.05, 4.69) is 0 Å². The van der Waals surface area contributed by atoms with Crippen molar-refractivity contribution < 1.29 is 9.00 Å². The summed E-state index contributed by atoms with van der Waals surface area (Å²) < 4.78 is 11.2. The number of carbonyl (C=O) groups is 1. The van der Waals surface area contributed by atoms with Gasteiger partial charge in [-0.05, 0) is 24.1 Å². The number of hydrogen-bond acceptors (Lipinski definition) is 3. The molecule has 4 nitrogen and oxygen atoms in total. The Morgan fingerprint density at radius 2 is 1.83 bits per heavy atom. The number of nitrogens with two attached hydrogens (primary N) is 1. The van der Waals surface area contributed by atoms with Gasteiger partial charge < -0.3 is 10.6 Å². The molecule has 1 saturated heterocycles. The molecule has 0 unspecified atom stereocenters. The van der Waals surface area contributed by atoms with Crippen molar-refractivity contribution in [3.8, 4) is 0 Å². The van der Waals surface area contributed by atoms with Gasteiger partial charge in [-0.1, -0.05) is 12.1 Å². The van der Waals surface area contributed by atoms with Crippen molar-refractivity contribution in [3.63, 3.8) is 0 Å². The Morgan fingerprint density at radius 1 is 1.22 bits per heavy atom. The first-order valence-electron chi connectivity index (χ1n) is 6.12.